The van der Waals surface area contributed by atoms with Crippen LogP contribution in [0.3, 0.4) is 0 Å². The second-order valence-corrected chi connectivity index (χ2v) is 4.43. The molecule has 1 aromatic carbocycles. The molecule has 0 spiro atoms. The summed E-state index contributed by atoms with van der Waals surface area (Å²) in [5.74, 6) is 0.470. The van der Waals surface area contributed by atoms with Gasteiger partial charge in [0.05, 0.1) is 24.0 Å². The van der Waals surface area contributed by atoms with E-state index < -0.39 is 0 Å². The van der Waals surface area contributed by atoms with Crippen LogP contribution in [0.1, 0.15) is 31.0 Å². The summed E-state index contributed by atoms with van der Waals surface area (Å²) >= 11 is 0. The minimum Gasteiger partial charge on any atom is -0.330 e. The van der Waals surface area contributed by atoms with Gasteiger partial charge >= 0.3 is 0 Å². The zero-order chi connectivity index (χ0) is 12.3. The molecule has 2 rings (SSSR count). The molecule has 1 aromatic heterocycles. The Bertz CT molecular complexity index is 503. The molecule has 1 atom stereocenters. The highest BCUT2D eigenvalue weighted by Gasteiger charge is 2.16. The van der Waals surface area contributed by atoms with Gasteiger partial charge in [-0.3, -0.25) is 0 Å². The van der Waals surface area contributed by atoms with Gasteiger partial charge in [-0.05, 0) is 23.6 Å². The van der Waals surface area contributed by atoms with Gasteiger partial charge < -0.3 is 4.57 Å². The van der Waals surface area contributed by atoms with E-state index in [0.29, 0.717) is 11.5 Å². The highest BCUT2D eigenvalue weighted by molar-refractivity contribution is 5.33. The summed E-state index contributed by atoms with van der Waals surface area (Å²) in [6, 6.07) is 10.2. The molecule has 0 amide bonds. The lowest BCUT2D eigenvalue weighted by Crippen LogP contribution is -2.15. The van der Waals surface area contributed by atoms with Gasteiger partial charge in [-0.25, -0.2) is 4.98 Å². The molecule has 0 aliphatic heterocycles. The third kappa shape index (κ3) is 2.36. The Balaban J connectivity index is 2.37. The summed E-state index contributed by atoms with van der Waals surface area (Å²) in [4.78, 5) is 4.10. The summed E-state index contributed by atoms with van der Waals surface area (Å²) in [6.45, 7) is 4.37. The number of nitrogens with zero attached hydrogens (tertiary/aromatic N) is 3. The van der Waals surface area contributed by atoms with Crippen molar-refractivity contribution in [2.45, 2.75) is 19.9 Å². The molecule has 0 bridgehead atoms. The van der Waals surface area contributed by atoms with Gasteiger partial charge in [-0.2, -0.15) is 5.26 Å². The van der Waals surface area contributed by atoms with E-state index in [1.807, 2.05) is 36.8 Å². The monoisotopic (exact) mass is 225 g/mol. The van der Waals surface area contributed by atoms with Crippen LogP contribution in [0, 0.1) is 17.2 Å². The Morgan fingerprint density at radius 1 is 1.24 bits per heavy atom. The molecule has 3 heteroatoms. The fourth-order valence-electron chi connectivity index (χ4n) is 2.09. The van der Waals surface area contributed by atoms with Crippen LogP contribution in [0.4, 0.5) is 0 Å². The van der Waals surface area contributed by atoms with Crippen molar-refractivity contribution in [2.24, 2.45) is 5.92 Å². The first kappa shape index (κ1) is 11.4. The van der Waals surface area contributed by atoms with Crippen LogP contribution in [-0.2, 0) is 0 Å². The summed E-state index contributed by atoms with van der Waals surface area (Å²) in [7, 11) is 0. The van der Waals surface area contributed by atoms with Crippen LogP contribution in [0.2, 0.25) is 0 Å². The van der Waals surface area contributed by atoms with Gasteiger partial charge in [0.25, 0.3) is 0 Å². The number of imidazole rings is 1. The number of nitriles is 1. The second kappa shape index (κ2) is 4.84. The quantitative estimate of drug-likeness (QED) is 0.805. The molecule has 1 unspecified atom stereocenters. The predicted molar refractivity (Wildman–Crippen MR) is 66.4 cm³/mol. The van der Waals surface area contributed by atoms with E-state index in [-0.39, 0.29) is 6.04 Å². The molecule has 0 fully saturated rings. The summed E-state index contributed by atoms with van der Waals surface area (Å²) < 4.78 is 2.10. The Kier molecular flexibility index (Phi) is 3.24. The molecular formula is C14H15N3. The second-order valence-electron chi connectivity index (χ2n) is 4.43. The first-order chi connectivity index (χ1) is 8.22. The fourth-order valence-corrected chi connectivity index (χ4v) is 2.09. The van der Waals surface area contributed by atoms with Gasteiger partial charge in [0, 0.05) is 12.4 Å². The van der Waals surface area contributed by atoms with E-state index in [1.54, 1.807) is 6.20 Å². The Hall–Kier alpha value is -2.08. The zero-order valence-corrected chi connectivity index (χ0v) is 10.0. The largest absolute Gasteiger partial charge is 0.330 e. The van der Waals surface area contributed by atoms with Gasteiger partial charge in [0.2, 0.25) is 0 Å². The number of aromatic nitrogens is 2. The number of benzene rings is 1. The average Bonchev–Trinajstić information content (AvgIpc) is 2.83. The van der Waals surface area contributed by atoms with E-state index in [2.05, 4.69) is 29.5 Å². The van der Waals surface area contributed by atoms with Crippen LogP contribution in [0.15, 0.2) is 43.0 Å². The molecule has 17 heavy (non-hydrogen) atoms. The van der Waals surface area contributed by atoms with Crippen molar-refractivity contribution in [3.63, 3.8) is 0 Å². The smallest absolute Gasteiger partial charge is 0.0991 e. The van der Waals surface area contributed by atoms with Gasteiger partial charge in [-0.1, -0.05) is 26.0 Å². The van der Waals surface area contributed by atoms with Gasteiger partial charge in [0.15, 0.2) is 0 Å². The Morgan fingerprint density at radius 3 is 2.41 bits per heavy atom. The maximum Gasteiger partial charge on any atom is 0.0991 e. The highest BCUT2D eigenvalue weighted by Crippen LogP contribution is 2.26. The Labute approximate surface area is 101 Å². The topological polar surface area (TPSA) is 41.6 Å². The minimum atomic E-state index is 0.269. The predicted octanol–water partition coefficient (Wildman–Crippen LogP) is 3.00. The molecule has 0 aliphatic carbocycles. The van der Waals surface area contributed by atoms with E-state index >= 15 is 0 Å². The zero-order valence-electron chi connectivity index (χ0n) is 10.0. The minimum absolute atomic E-state index is 0.269. The van der Waals surface area contributed by atoms with Crippen molar-refractivity contribution in [1.29, 1.82) is 5.26 Å². The molecule has 3 nitrogen and oxygen atoms in total. The molecule has 0 N–H and O–H groups in total. The van der Waals surface area contributed by atoms with E-state index in [1.165, 1.54) is 5.56 Å². The summed E-state index contributed by atoms with van der Waals surface area (Å²) in [5.41, 5.74) is 1.90. The molecule has 0 radical (unpaired) electrons. The van der Waals surface area contributed by atoms with Gasteiger partial charge in [0.1, 0.15) is 0 Å². The fraction of sp³-hybridized carbons (Fsp3) is 0.286. The maximum absolute atomic E-state index is 8.80. The van der Waals surface area contributed by atoms with E-state index in [4.69, 9.17) is 5.26 Å². The van der Waals surface area contributed by atoms with Crippen LogP contribution < -0.4 is 0 Å². The molecule has 2 aromatic rings. The summed E-state index contributed by atoms with van der Waals surface area (Å²) in [5, 5.41) is 8.80. The molecule has 0 aliphatic rings. The third-order valence-corrected chi connectivity index (χ3v) is 2.86. The van der Waals surface area contributed by atoms with Crippen LogP contribution in [0.25, 0.3) is 0 Å². The SMILES string of the molecule is CC(C)C(c1ccc(C#N)cc1)n1ccnc1. The molecule has 86 valence electrons. The standard InChI is InChI=1S/C14H15N3/c1-11(2)14(17-8-7-16-10-17)13-5-3-12(9-15)4-6-13/h3-8,10-11,14H,1-2H3. The lowest BCUT2D eigenvalue weighted by Gasteiger charge is -2.22. The number of hydrogen-bond acceptors (Lipinski definition) is 2. The number of hydrogen-bond donors (Lipinski definition) is 0. The van der Waals surface area contributed by atoms with Gasteiger partial charge in [-0.15, -0.1) is 0 Å². The molecule has 1 heterocycles. The van der Waals surface area contributed by atoms with Crippen LogP contribution >= 0.6 is 0 Å². The third-order valence-electron chi connectivity index (χ3n) is 2.86. The normalized spacial score (nSPS) is 12.4. The maximum atomic E-state index is 8.80. The molecule has 0 saturated heterocycles. The van der Waals surface area contributed by atoms with Crippen molar-refractivity contribution >= 4 is 0 Å². The summed E-state index contributed by atoms with van der Waals surface area (Å²) in [6.07, 6.45) is 5.60. The van der Waals surface area contributed by atoms with E-state index in [0.717, 1.165) is 0 Å². The van der Waals surface area contributed by atoms with Crippen molar-refractivity contribution < 1.29 is 0 Å². The van der Waals surface area contributed by atoms with E-state index in [9.17, 15) is 0 Å². The van der Waals surface area contributed by atoms with Crippen molar-refractivity contribution in [1.82, 2.24) is 9.55 Å². The number of rotatable bonds is 3. The first-order valence-electron chi connectivity index (χ1n) is 5.70. The lowest BCUT2D eigenvalue weighted by molar-refractivity contribution is 0.436. The van der Waals surface area contributed by atoms with Crippen molar-refractivity contribution in [3.8, 4) is 6.07 Å². The molecule has 0 saturated carbocycles. The molecular weight excluding hydrogens is 210 g/mol. The van der Waals surface area contributed by atoms with Crippen molar-refractivity contribution in [2.75, 3.05) is 0 Å². The lowest BCUT2D eigenvalue weighted by atomic mass is 9.95. The van der Waals surface area contributed by atoms with Crippen molar-refractivity contribution in [3.05, 3.63) is 54.1 Å². The van der Waals surface area contributed by atoms with Crippen LogP contribution in [0.5, 0.6) is 0 Å². The first-order valence-corrected chi connectivity index (χ1v) is 5.70. The van der Waals surface area contributed by atoms with Crippen LogP contribution in [-0.4, -0.2) is 9.55 Å². The highest BCUT2D eigenvalue weighted by atomic mass is 15.1. The Morgan fingerprint density at radius 2 is 1.94 bits per heavy atom. The average molecular weight is 225 g/mol.